The monoisotopic (exact) mass is 651 g/mol. The molecular formula is C36H45NO2S4. The molecule has 5 heterocycles. The van der Waals surface area contributed by atoms with E-state index in [0.29, 0.717) is 23.6 Å². The molecule has 2 amide bonds. The Bertz CT molecular complexity index is 1660. The first-order valence-corrected chi connectivity index (χ1v) is 18.8. The Labute approximate surface area is 274 Å². The SMILES string of the molecule is CCCCC(CC)CN1C(=O)c2c(-c3sc(-c4ccc(-c5cc(C)c(C(C)(C)C)s5)s4)cc3C)sc(C(C)(C)C)c2C1=O. The van der Waals surface area contributed by atoms with Gasteiger partial charge in [0.2, 0.25) is 0 Å². The number of imide groups is 1. The van der Waals surface area contributed by atoms with Crippen LogP contribution >= 0.6 is 45.3 Å². The molecule has 230 valence electrons. The number of rotatable bonds is 9. The molecule has 4 aromatic heterocycles. The predicted octanol–water partition coefficient (Wildman–Crippen LogP) is 12.0. The van der Waals surface area contributed by atoms with Gasteiger partial charge in [-0.05, 0) is 72.4 Å². The van der Waals surface area contributed by atoms with E-state index in [0.717, 1.165) is 45.9 Å². The van der Waals surface area contributed by atoms with Crippen LogP contribution in [0.5, 0.6) is 0 Å². The van der Waals surface area contributed by atoms with Gasteiger partial charge in [0.15, 0.2) is 0 Å². The van der Waals surface area contributed by atoms with Gasteiger partial charge in [-0.25, -0.2) is 0 Å². The topological polar surface area (TPSA) is 37.4 Å². The summed E-state index contributed by atoms with van der Waals surface area (Å²) in [5, 5.41) is 0. The van der Waals surface area contributed by atoms with E-state index in [9.17, 15) is 9.59 Å². The van der Waals surface area contributed by atoms with E-state index in [-0.39, 0.29) is 22.6 Å². The first-order valence-electron chi connectivity index (χ1n) is 15.5. The predicted molar refractivity (Wildman–Crippen MR) is 190 cm³/mol. The van der Waals surface area contributed by atoms with Crippen molar-refractivity contribution < 1.29 is 9.59 Å². The van der Waals surface area contributed by atoms with Crippen LogP contribution in [0.3, 0.4) is 0 Å². The van der Waals surface area contributed by atoms with Gasteiger partial charge in [-0.1, -0.05) is 74.7 Å². The molecule has 43 heavy (non-hydrogen) atoms. The number of amides is 2. The van der Waals surface area contributed by atoms with Gasteiger partial charge in [-0.2, -0.15) is 0 Å². The average Bonchev–Trinajstić information content (AvgIpc) is 3.73. The van der Waals surface area contributed by atoms with E-state index in [2.05, 4.69) is 93.5 Å². The molecule has 5 rings (SSSR count). The van der Waals surface area contributed by atoms with Crippen LogP contribution in [0.1, 0.15) is 123 Å². The maximum absolute atomic E-state index is 14.0. The minimum absolute atomic E-state index is 0.0967. The summed E-state index contributed by atoms with van der Waals surface area (Å²) in [6.45, 7) is 22.5. The molecule has 0 N–H and O–H groups in total. The largest absolute Gasteiger partial charge is 0.274 e. The molecule has 0 bridgehead atoms. The number of hydrogen-bond donors (Lipinski definition) is 0. The number of carbonyl (C=O) groups excluding carboxylic acids is 2. The smallest absolute Gasteiger partial charge is 0.263 e. The zero-order valence-corrected chi connectivity index (χ0v) is 30.6. The second-order valence-electron chi connectivity index (χ2n) is 14.1. The number of thiophene rings is 4. The van der Waals surface area contributed by atoms with Crippen LogP contribution in [0.2, 0.25) is 0 Å². The van der Waals surface area contributed by atoms with Crippen LogP contribution in [0.4, 0.5) is 0 Å². The fourth-order valence-corrected chi connectivity index (χ4v) is 11.1. The molecule has 3 nitrogen and oxygen atoms in total. The maximum Gasteiger partial charge on any atom is 0.263 e. The van der Waals surface area contributed by atoms with Gasteiger partial charge in [0.05, 0.1) is 16.0 Å². The van der Waals surface area contributed by atoms with E-state index in [1.165, 1.54) is 29.9 Å². The minimum Gasteiger partial charge on any atom is -0.274 e. The highest BCUT2D eigenvalue weighted by atomic mass is 32.1. The van der Waals surface area contributed by atoms with Crippen LogP contribution in [-0.4, -0.2) is 23.3 Å². The van der Waals surface area contributed by atoms with Crippen molar-refractivity contribution in [2.75, 3.05) is 6.54 Å². The highest BCUT2D eigenvalue weighted by Crippen LogP contribution is 2.51. The van der Waals surface area contributed by atoms with Gasteiger partial charge < -0.3 is 0 Å². The van der Waals surface area contributed by atoms with Crippen LogP contribution in [0.15, 0.2) is 24.3 Å². The summed E-state index contributed by atoms with van der Waals surface area (Å²) in [5.41, 5.74) is 3.72. The normalized spacial score (nSPS) is 14.7. The molecule has 4 aromatic rings. The molecule has 1 aliphatic heterocycles. The summed E-state index contributed by atoms with van der Waals surface area (Å²) in [6.07, 6.45) is 4.27. The summed E-state index contributed by atoms with van der Waals surface area (Å²) < 4.78 is 0. The second-order valence-corrected chi connectivity index (χ2v) is 18.3. The lowest BCUT2D eigenvalue weighted by Crippen LogP contribution is -2.35. The van der Waals surface area contributed by atoms with Gasteiger partial charge in [0.25, 0.3) is 11.8 Å². The molecule has 1 unspecified atom stereocenters. The highest BCUT2D eigenvalue weighted by molar-refractivity contribution is 7.28. The third-order valence-electron chi connectivity index (χ3n) is 8.31. The van der Waals surface area contributed by atoms with E-state index in [1.54, 1.807) is 27.6 Å². The molecule has 0 aliphatic carbocycles. The molecule has 0 fully saturated rings. The number of unbranched alkanes of at least 4 members (excludes halogenated alkanes) is 1. The zero-order valence-electron chi connectivity index (χ0n) is 27.3. The summed E-state index contributed by atoms with van der Waals surface area (Å²) >= 11 is 7.14. The molecule has 1 aliphatic rings. The first-order chi connectivity index (χ1) is 20.1. The Morgan fingerprint density at radius 2 is 1.28 bits per heavy atom. The van der Waals surface area contributed by atoms with Crippen LogP contribution in [0.25, 0.3) is 29.3 Å². The van der Waals surface area contributed by atoms with E-state index in [1.807, 2.05) is 22.7 Å². The van der Waals surface area contributed by atoms with Crippen molar-refractivity contribution in [3.8, 4) is 29.3 Å². The Morgan fingerprint density at radius 1 is 0.698 bits per heavy atom. The molecule has 1 atom stereocenters. The third kappa shape index (κ3) is 6.12. The summed E-state index contributed by atoms with van der Waals surface area (Å²) in [4.78, 5) is 39.1. The Balaban J connectivity index is 1.52. The molecule has 0 aromatic carbocycles. The quantitative estimate of drug-likeness (QED) is 0.169. The lowest BCUT2D eigenvalue weighted by molar-refractivity contribution is 0.0623. The summed E-state index contributed by atoms with van der Waals surface area (Å²) in [7, 11) is 0. The van der Waals surface area contributed by atoms with Crippen molar-refractivity contribution in [1.82, 2.24) is 4.90 Å². The van der Waals surface area contributed by atoms with Gasteiger partial charge in [-0.15, -0.1) is 45.3 Å². The molecule has 7 heteroatoms. The zero-order chi connectivity index (χ0) is 31.4. The fraction of sp³-hybridized carbons (Fsp3) is 0.500. The van der Waals surface area contributed by atoms with Crippen molar-refractivity contribution >= 4 is 57.2 Å². The lowest BCUT2D eigenvalue weighted by Gasteiger charge is -2.23. The van der Waals surface area contributed by atoms with Crippen molar-refractivity contribution in [2.45, 2.75) is 106 Å². The molecular weight excluding hydrogens is 607 g/mol. The Hall–Kier alpha value is -2.06. The molecule has 0 saturated heterocycles. The Morgan fingerprint density at radius 3 is 1.84 bits per heavy atom. The Kier molecular flexibility index (Phi) is 9.05. The van der Waals surface area contributed by atoms with Crippen molar-refractivity contribution in [1.29, 1.82) is 0 Å². The number of hydrogen-bond acceptors (Lipinski definition) is 6. The maximum atomic E-state index is 14.0. The summed E-state index contributed by atoms with van der Waals surface area (Å²) in [6, 6.07) is 9.07. The summed E-state index contributed by atoms with van der Waals surface area (Å²) in [5.74, 6) is 0.143. The van der Waals surface area contributed by atoms with E-state index >= 15 is 0 Å². The first kappa shape index (κ1) is 32.3. The minimum atomic E-state index is -0.229. The highest BCUT2D eigenvalue weighted by Gasteiger charge is 2.44. The van der Waals surface area contributed by atoms with Crippen LogP contribution < -0.4 is 0 Å². The number of fused-ring (bicyclic) bond motifs is 1. The van der Waals surface area contributed by atoms with Gasteiger partial charge in [0, 0.05) is 40.7 Å². The lowest BCUT2D eigenvalue weighted by atomic mass is 9.90. The van der Waals surface area contributed by atoms with Crippen molar-refractivity contribution in [2.24, 2.45) is 5.92 Å². The van der Waals surface area contributed by atoms with Crippen LogP contribution in [-0.2, 0) is 10.8 Å². The van der Waals surface area contributed by atoms with Gasteiger partial charge in [-0.3, -0.25) is 14.5 Å². The number of aryl methyl sites for hydroxylation is 2. The second kappa shape index (κ2) is 12.0. The van der Waals surface area contributed by atoms with E-state index < -0.39 is 0 Å². The molecule has 0 radical (unpaired) electrons. The third-order valence-corrected chi connectivity index (χ3v) is 14.5. The standard InChI is InChI=1S/C36H45NO2S4/c1-11-13-14-22(12-2)19-37-33(38)27-28(34(37)39)32(36(8,9)10)43-30(27)29-20(3)17-25(41-29)23-15-16-24(40-23)26-18-21(4)31(42-26)35(5,6)7/h15-18,22H,11-14,19H2,1-10H3. The van der Waals surface area contributed by atoms with Crippen molar-refractivity contribution in [3.05, 3.63) is 56.3 Å². The number of nitrogens with zero attached hydrogens (tertiary/aromatic N) is 1. The van der Waals surface area contributed by atoms with Crippen LogP contribution in [0, 0.1) is 19.8 Å². The average molecular weight is 652 g/mol. The van der Waals surface area contributed by atoms with Gasteiger partial charge >= 0.3 is 0 Å². The van der Waals surface area contributed by atoms with E-state index in [4.69, 9.17) is 0 Å². The molecule has 0 spiro atoms. The molecule has 0 saturated carbocycles. The number of carbonyl (C=O) groups is 2. The van der Waals surface area contributed by atoms with Gasteiger partial charge in [0.1, 0.15) is 0 Å². The fourth-order valence-electron chi connectivity index (χ4n) is 6.01. The van der Waals surface area contributed by atoms with Crippen molar-refractivity contribution in [3.63, 3.8) is 0 Å².